The number of halogens is 4. The van der Waals surface area contributed by atoms with E-state index in [0.717, 1.165) is 54.9 Å². The molecule has 4 aromatic carbocycles. The second kappa shape index (κ2) is 13.6. The lowest BCUT2D eigenvalue weighted by Crippen LogP contribution is -2.45. The number of nitrogens with zero attached hydrogens (tertiary/aromatic N) is 2. The third kappa shape index (κ3) is 7.67. The lowest BCUT2D eigenvalue weighted by Gasteiger charge is -2.42. The predicted molar refractivity (Wildman–Crippen MR) is 165 cm³/mol. The highest BCUT2D eigenvalue weighted by Gasteiger charge is 2.38. The van der Waals surface area contributed by atoms with Crippen LogP contribution in [0.3, 0.4) is 0 Å². The highest BCUT2D eigenvalue weighted by atomic mass is 35.5. The molecule has 226 valence electrons. The fourth-order valence-electron chi connectivity index (χ4n) is 5.54. The number of hydrogen-bond donors (Lipinski definition) is 1. The van der Waals surface area contributed by atoms with Crippen molar-refractivity contribution in [3.8, 4) is 17.2 Å². The number of hydrogen-bond acceptors (Lipinski definition) is 4. The Morgan fingerprint density at radius 3 is 2.34 bits per heavy atom. The summed E-state index contributed by atoms with van der Waals surface area (Å²) in [5, 5.41) is 11.4. The normalized spacial score (nSPS) is 15.0. The van der Waals surface area contributed by atoms with Gasteiger partial charge in [-0.1, -0.05) is 78.3 Å². The van der Waals surface area contributed by atoms with Crippen molar-refractivity contribution in [1.82, 2.24) is 4.90 Å². The highest BCUT2D eigenvalue weighted by Crippen LogP contribution is 2.39. The highest BCUT2D eigenvalue weighted by molar-refractivity contribution is 6.31. The average molecular weight is 618 g/mol. The van der Waals surface area contributed by atoms with Crippen LogP contribution in [0.2, 0.25) is 5.02 Å². The van der Waals surface area contributed by atoms with Crippen molar-refractivity contribution in [3.63, 3.8) is 0 Å². The van der Waals surface area contributed by atoms with Crippen molar-refractivity contribution in [2.75, 3.05) is 31.6 Å². The number of ether oxygens (including phenoxy) is 1. The van der Waals surface area contributed by atoms with Gasteiger partial charge in [0.1, 0.15) is 6.61 Å². The van der Waals surface area contributed by atoms with Gasteiger partial charge in [0.05, 0.1) is 27.8 Å². The number of amides is 1. The molecule has 0 aliphatic carbocycles. The summed E-state index contributed by atoms with van der Waals surface area (Å²) in [7, 11) is 0. The number of carbonyl (C=O) groups is 1. The third-order valence-electron chi connectivity index (χ3n) is 7.99. The van der Waals surface area contributed by atoms with Crippen molar-refractivity contribution in [2.24, 2.45) is 0 Å². The topological polar surface area (TPSA) is 65.4 Å². The van der Waals surface area contributed by atoms with E-state index >= 15 is 0 Å². The van der Waals surface area contributed by atoms with Gasteiger partial charge in [-0.05, 0) is 71.8 Å². The molecule has 9 heteroatoms. The molecular weight excluding hydrogens is 587 g/mol. The number of alkyl halides is 3. The molecular formula is C35H31ClF3N3O2. The quantitative estimate of drug-likeness (QED) is 0.206. The Morgan fingerprint density at radius 2 is 1.66 bits per heavy atom. The molecule has 44 heavy (non-hydrogen) atoms. The van der Waals surface area contributed by atoms with E-state index in [1.807, 2.05) is 60.7 Å². The molecule has 1 aliphatic rings. The third-order valence-corrected chi connectivity index (χ3v) is 8.32. The van der Waals surface area contributed by atoms with Gasteiger partial charge in [-0.2, -0.15) is 18.4 Å². The van der Waals surface area contributed by atoms with Crippen molar-refractivity contribution in [3.05, 3.63) is 124 Å². The minimum atomic E-state index is -4.64. The number of carbonyl (C=O) groups excluding carboxylic acids is 1. The summed E-state index contributed by atoms with van der Waals surface area (Å²) >= 11 is 5.72. The molecule has 1 saturated heterocycles. The maximum Gasteiger partial charge on any atom is 0.417 e. The van der Waals surface area contributed by atoms with Crippen molar-refractivity contribution < 1.29 is 22.7 Å². The lowest BCUT2D eigenvalue weighted by molar-refractivity contribution is -0.137. The average Bonchev–Trinajstić information content (AvgIpc) is 3.04. The minimum Gasteiger partial charge on any atom is -0.360 e. The minimum absolute atomic E-state index is 0.0101. The molecule has 4 aromatic rings. The molecule has 0 aromatic heterocycles. The van der Waals surface area contributed by atoms with E-state index in [1.54, 1.807) is 6.07 Å². The van der Waals surface area contributed by atoms with Gasteiger partial charge in [0.2, 0.25) is 5.91 Å². The van der Waals surface area contributed by atoms with Crippen LogP contribution in [0.5, 0.6) is 0 Å². The zero-order chi connectivity index (χ0) is 31.2. The van der Waals surface area contributed by atoms with E-state index < -0.39 is 28.3 Å². The fourth-order valence-corrected chi connectivity index (χ4v) is 5.77. The summed E-state index contributed by atoms with van der Waals surface area (Å²) in [5.41, 5.74) is 2.84. The summed E-state index contributed by atoms with van der Waals surface area (Å²) in [6.07, 6.45) is -2.45. The molecule has 1 fully saturated rings. The Hall–Kier alpha value is -4.16. The van der Waals surface area contributed by atoms with E-state index in [9.17, 15) is 23.2 Å². The molecule has 0 saturated carbocycles. The number of benzene rings is 4. The summed E-state index contributed by atoms with van der Waals surface area (Å²) in [5.74, 6) is -0.559. The van der Waals surface area contributed by atoms with E-state index in [-0.39, 0.29) is 12.3 Å². The zero-order valence-corrected chi connectivity index (χ0v) is 24.7. The Balaban J connectivity index is 1.31. The van der Waals surface area contributed by atoms with Gasteiger partial charge >= 0.3 is 6.18 Å². The number of nitriles is 1. The lowest BCUT2D eigenvalue weighted by atomic mass is 9.83. The van der Waals surface area contributed by atoms with E-state index in [1.165, 1.54) is 11.6 Å². The van der Waals surface area contributed by atoms with Crippen molar-refractivity contribution in [1.29, 1.82) is 5.26 Å². The first kappa shape index (κ1) is 31.3. The van der Waals surface area contributed by atoms with Gasteiger partial charge < -0.3 is 15.0 Å². The Kier molecular flexibility index (Phi) is 9.70. The van der Waals surface area contributed by atoms with Crippen molar-refractivity contribution in [2.45, 2.75) is 31.0 Å². The van der Waals surface area contributed by atoms with Crippen LogP contribution >= 0.6 is 11.6 Å². The van der Waals surface area contributed by atoms with Gasteiger partial charge in [-0.3, -0.25) is 4.79 Å². The standard InChI is InChI=1S/C35H31ClF3N3O2/c36-32-14-13-30(22-31(32)35(37,38)39)41-33(43)24-44-34(16-19-42(20-17-34)18-15-25-5-2-1-3-6-25)29-11-9-27(10-12-29)28-8-4-7-26(21-28)23-40/h1-14,21-22H,15-20,24H2,(H,41,43). The molecule has 1 aliphatic heterocycles. The van der Waals surface area contributed by atoms with Crippen LogP contribution in [0.4, 0.5) is 18.9 Å². The van der Waals surface area contributed by atoms with Gasteiger partial charge in [-0.25, -0.2) is 0 Å². The SMILES string of the molecule is N#Cc1cccc(-c2ccc(C3(OCC(=O)Nc4ccc(Cl)c(C(F)(F)F)c4)CCN(CCc4ccccc4)CC3)cc2)c1. The predicted octanol–water partition coefficient (Wildman–Crippen LogP) is 8.09. The summed E-state index contributed by atoms with van der Waals surface area (Å²) in [4.78, 5) is 15.3. The summed E-state index contributed by atoms with van der Waals surface area (Å²) < 4.78 is 46.3. The van der Waals surface area contributed by atoms with Crippen LogP contribution in [-0.4, -0.2) is 37.0 Å². The largest absolute Gasteiger partial charge is 0.417 e. The molecule has 0 bridgehead atoms. The first-order valence-corrected chi connectivity index (χ1v) is 14.7. The van der Waals surface area contributed by atoms with Crippen LogP contribution in [0.25, 0.3) is 11.1 Å². The van der Waals surface area contributed by atoms with Gasteiger partial charge in [0, 0.05) is 25.3 Å². The van der Waals surface area contributed by atoms with Crippen LogP contribution in [0, 0.1) is 11.3 Å². The van der Waals surface area contributed by atoms with Crippen LogP contribution in [-0.2, 0) is 27.7 Å². The number of nitrogens with one attached hydrogen (secondary N) is 1. The first-order valence-electron chi connectivity index (χ1n) is 14.3. The molecule has 0 spiro atoms. The maximum absolute atomic E-state index is 13.3. The molecule has 0 atom stereocenters. The molecule has 5 nitrogen and oxygen atoms in total. The zero-order valence-electron chi connectivity index (χ0n) is 23.9. The molecule has 0 unspecified atom stereocenters. The van der Waals surface area contributed by atoms with Gasteiger partial charge in [0.15, 0.2) is 0 Å². The molecule has 1 heterocycles. The molecule has 5 rings (SSSR count). The summed E-state index contributed by atoms with van der Waals surface area (Å²) in [6.45, 7) is 2.08. The number of anilines is 1. The van der Waals surface area contributed by atoms with E-state index in [0.29, 0.717) is 18.4 Å². The molecule has 1 amide bonds. The van der Waals surface area contributed by atoms with Gasteiger partial charge in [0.25, 0.3) is 0 Å². The smallest absolute Gasteiger partial charge is 0.360 e. The fraction of sp³-hybridized carbons (Fsp3) is 0.257. The Bertz CT molecular complexity index is 1630. The van der Waals surface area contributed by atoms with Crippen LogP contribution in [0.1, 0.15) is 35.1 Å². The number of rotatable bonds is 9. The number of likely N-dealkylation sites (tertiary alicyclic amines) is 1. The van der Waals surface area contributed by atoms with E-state index in [2.05, 4.69) is 28.4 Å². The van der Waals surface area contributed by atoms with Gasteiger partial charge in [-0.15, -0.1) is 0 Å². The second-order valence-electron chi connectivity index (χ2n) is 10.9. The van der Waals surface area contributed by atoms with Crippen molar-refractivity contribution >= 4 is 23.2 Å². The van der Waals surface area contributed by atoms with Crippen LogP contribution < -0.4 is 5.32 Å². The molecule has 0 radical (unpaired) electrons. The Morgan fingerprint density at radius 1 is 0.932 bits per heavy atom. The second-order valence-corrected chi connectivity index (χ2v) is 11.3. The monoisotopic (exact) mass is 617 g/mol. The molecule has 1 N–H and O–H groups in total. The number of piperidine rings is 1. The Labute approximate surface area is 259 Å². The first-order chi connectivity index (χ1) is 21.1. The maximum atomic E-state index is 13.3. The van der Waals surface area contributed by atoms with Crippen LogP contribution in [0.15, 0.2) is 97.1 Å². The summed E-state index contributed by atoms with van der Waals surface area (Å²) in [6, 6.07) is 31.0. The van der Waals surface area contributed by atoms with E-state index in [4.69, 9.17) is 16.3 Å².